The Morgan fingerprint density at radius 3 is 3.00 bits per heavy atom. The lowest BCUT2D eigenvalue weighted by Gasteiger charge is -1.97. The molecule has 1 aromatic heterocycles. The van der Waals surface area contributed by atoms with Crippen LogP contribution in [0, 0.1) is 6.92 Å². The van der Waals surface area contributed by atoms with Gasteiger partial charge in [0.25, 0.3) is 0 Å². The summed E-state index contributed by atoms with van der Waals surface area (Å²) in [6.07, 6.45) is 3.33. The summed E-state index contributed by atoms with van der Waals surface area (Å²) in [4.78, 5) is 8.01. The molecule has 0 aliphatic carbocycles. The number of aromatic nitrogens is 2. The van der Waals surface area contributed by atoms with Gasteiger partial charge in [-0.05, 0) is 18.6 Å². The fourth-order valence-electron chi connectivity index (χ4n) is 1.06. The third kappa shape index (κ3) is 0.963. The van der Waals surface area contributed by atoms with E-state index in [9.17, 15) is 0 Å². The monoisotopic (exact) mass is 143 g/mol. The zero-order valence-electron chi connectivity index (χ0n) is 5.99. The minimum absolute atomic E-state index is 0.951. The lowest BCUT2D eigenvalue weighted by molar-refractivity contribution is 1.22. The van der Waals surface area contributed by atoms with Crippen LogP contribution in [0.4, 0.5) is 0 Å². The van der Waals surface area contributed by atoms with Crippen molar-refractivity contribution in [2.24, 2.45) is 0 Å². The molecule has 0 fully saturated rings. The van der Waals surface area contributed by atoms with E-state index in [1.807, 2.05) is 18.2 Å². The topological polar surface area (TPSA) is 25.8 Å². The van der Waals surface area contributed by atoms with Crippen molar-refractivity contribution in [2.45, 2.75) is 0 Å². The Kier molecular flexibility index (Phi) is 1.32. The predicted octanol–water partition coefficient (Wildman–Crippen LogP) is 1.81. The van der Waals surface area contributed by atoms with Crippen LogP contribution in [0.25, 0.3) is 10.9 Å². The number of benzene rings is 1. The van der Waals surface area contributed by atoms with E-state index >= 15 is 0 Å². The standard InChI is InChI=1S/C9H7N2/c1-7-3-2-4-9-8(7)5-10-6-11-9/h2-6H,1H2. The van der Waals surface area contributed by atoms with E-state index in [4.69, 9.17) is 0 Å². The maximum atomic E-state index is 4.09. The van der Waals surface area contributed by atoms with Gasteiger partial charge >= 0.3 is 0 Å². The summed E-state index contributed by atoms with van der Waals surface area (Å²) >= 11 is 0. The zero-order valence-corrected chi connectivity index (χ0v) is 5.99. The van der Waals surface area contributed by atoms with Crippen LogP contribution in [-0.4, -0.2) is 9.97 Å². The number of rotatable bonds is 0. The van der Waals surface area contributed by atoms with Crippen LogP contribution in [0.1, 0.15) is 5.56 Å². The van der Waals surface area contributed by atoms with E-state index in [1.165, 1.54) is 0 Å². The van der Waals surface area contributed by atoms with Gasteiger partial charge in [0, 0.05) is 11.6 Å². The van der Waals surface area contributed by atoms with Crippen molar-refractivity contribution in [1.82, 2.24) is 9.97 Å². The van der Waals surface area contributed by atoms with E-state index in [2.05, 4.69) is 16.9 Å². The third-order valence-electron chi connectivity index (χ3n) is 1.64. The van der Waals surface area contributed by atoms with E-state index in [0.29, 0.717) is 0 Å². The van der Waals surface area contributed by atoms with Crippen molar-refractivity contribution in [3.63, 3.8) is 0 Å². The molecule has 11 heavy (non-hydrogen) atoms. The van der Waals surface area contributed by atoms with Gasteiger partial charge in [-0.3, -0.25) is 0 Å². The van der Waals surface area contributed by atoms with Gasteiger partial charge in [0.05, 0.1) is 5.52 Å². The first kappa shape index (κ1) is 6.28. The van der Waals surface area contributed by atoms with Gasteiger partial charge in [-0.15, -0.1) is 0 Å². The van der Waals surface area contributed by atoms with Gasteiger partial charge < -0.3 is 0 Å². The second kappa shape index (κ2) is 2.31. The average Bonchev–Trinajstić information content (AvgIpc) is 2.06. The molecule has 0 aliphatic heterocycles. The highest BCUT2D eigenvalue weighted by molar-refractivity contribution is 5.81. The summed E-state index contributed by atoms with van der Waals surface area (Å²) in [5.74, 6) is 0. The largest absolute Gasteiger partial charge is 0.244 e. The molecule has 0 aliphatic rings. The minimum atomic E-state index is 0.951. The number of nitrogens with zero attached hydrogens (tertiary/aromatic N) is 2. The molecule has 0 saturated heterocycles. The first-order valence-corrected chi connectivity index (χ1v) is 3.38. The second-order valence-electron chi connectivity index (χ2n) is 2.37. The van der Waals surface area contributed by atoms with E-state index < -0.39 is 0 Å². The molecule has 1 radical (unpaired) electrons. The highest BCUT2D eigenvalue weighted by atomic mass is 14.8. The van der Waals surface area contributed by atoms with Crippen LogP contribution in [0.5, 0.6) is 0 Å². The molecular weight excluding hydrogens is 136 g/mol. The average molecular weight is 143 g/mol. The van der Waals surface area contributed by atoms with Crippen LogP contribution >= 0.6 is 0 Å². The van der Waals surface area contributed by atoms with Gasteiger partial charge in [0.2, 0.25) is 0 Å². The summed E-state index contributed by atoms with van der Waals surface area (Å²) in [6, 6.07) is 5.84. The highest BCUT2D eigenvalue weighted by Gasteiger charge is 1.94. The van der Waals surface area contributed by atoms with Gasteiger partial charge in [-0.1, -0.05) is 12.1 Å². The molecule has 1 heterocycles. The van der Waals surface area contributed by atoms with E-state index in [0.717, 1.165) is 16.5 Å². The Hall–Kier alpha value is -1.44. The molecule has 0 spiro atoms. The Bertz CT molecular complexity index is 377. The minimum Gasteiger partial charge on any atom is -0.244 e. The van der Waals surface area contributed by atoms with Crippen LogP contribution in [-0.2, 0) is 0 Å². The molecule has 0 bridgehead atoms. The number of hydrogen-bond donors (Lipinski definition) is 0. The van der Waals surface area contributed by atoms with Crippen molar-refractivity contribution in [3.8, 4) is 0 Å². The summed E-state index contributed by atoms with van der Waals surface area (Å²) < 4.78 is 0. The maximum absolute atomic E-state index is 4.09. The normalized spacial score (nSPS) is 10.3. The SMILES string of the molecule is [CH2]c1cccc2ncncc12. The molecule has 53 valence electrons. The van der Waals surface area contributed by atoms with E-state index in [-0.39, 0.29) is 0 Å². The lowest BCUT2D eigenvalue weighted by Crippen LogP contribution is -1.82. The molecule has 1 aromatic carbocycles. The fraction of sp³-hybridized carbons (Fsp3) is 0. The summed E-state index contributed by atoms with van der Waals surface area (Å²) in [7, 11) is 0. The van der Waals surface area contributed by atoms with Gasteiger partial charge in [-0.25, -0.2) is 9.97 Å². The second-order valence-corrected chi connectivity index (χ2v) is 2.37. The van der Waals surface area contributed by atoms with Crippen LogP contribution in [0.2, 0.25) is 0 Å². The highest BCUT2D eigenvalue weighted by Crippen LogP contribution is 2.12. The molecule has 2 nitrogen and oxygen atoms in total. The summed E-state index contributed by atoms with van der Waals surface area (Å²) in [5.41, 5.74) is 1.93. The Morgan fingerprint density at radius 2 is 2.18 bits per heavy atom. The first-order valence-electron chi connectivity index (χ1n) is 3.38. The Labute approximate surface area is 64.9 Å². The molecule has 2 rings (SSSR count). The smallest absolute Gasteiger partial charge is 0.116 e. The van der Waals surface area contributed by atoms with Crippen LogP contribution in [0.3, 0.4) is 0 Å². The summed E-state index contributed by atoms with van der Waals surface area (Å²) in [6.45, 7) is 3.87. The van der Waals surface area contributed by atoms with Crippen molar-refractivity contribution < 1.29 is 0 Å². The van der Waals surface area contributed by atoms with E-state index in [1.54, 1.807) is 12.5 Å². The third-order valence-corrected chi connectivity index (χ3v) is 1.64. The quantitative estimate of drug-likeness (QED) is 0.562. The molecule has 0 unspecified atom stereocenters. The number of hydrogen-bond acceptors (Lipinski definition) is 2. The molecule has 0 amide bonds. The molecule has 2 aromatic rings. The lowest BCUT2D eigenvalue weighted by atomic mass is 10.1. The molecule has 0 saturated carbocycles. The molecule has 0 N–H and O–H groups in total. The Balaban J connectivity index is 2.91. The molecule has 2 heteroatoms. The Morgan fingerprint density at radius 1 is 1.27 bits per heavy atom. The van der Waals surface area contributed by atoms with Crippen molar-refractivity contribution in [2.75, 3.05) is 0 Å². The van der Waals surface area contributed by atoms with Crippen LogP contribution < -0.4 is 0 Å². The number of fused-ring (bicyclic) bond motifs is 1. The summed E-state index contributed by atoms with van der Waals surface area (Å²) in [5, 5.41) is 1.02. The van der Waals surface area contributed by atoms with Crippen molar-refractivity contribution >= 4 is 10.9 Å². The van der Waals surface area contributed by atoms with Gasteiger partial charge in [-0.2, -0.15) is 0 Å². The first-order chi connectivity index (χ1) is 5.38. The molecular formula is C9H7N2. The molecule has 0 atom stereocenters. The van der Waals surface area contributed by atoms with Crippen molar-refractivity contribution in [1.29, 1.82) is 0 Å². The van der Waals surface area contributed by atoms with Gasteiger partial charge in [0.15, 0.2) is 0 Å². The zero-order chi connectivity index (χ0) is 7.68. The van der Waals surface area contributed by atoms with Crippen LogP contribution in [0.15, 0.2) is 30.7 Å². The predicted molar refractivity (Wildman–Crippen MR) is 44.0 cm³/mol. The van der Waals surface area contributed by atoms with Gasteiger partial charge in [0.1, 0.15) is 6.33 Å². The van der Waals surface area contributed by atoms with Crippen molar-refractivity contribution in [3.05, 3.63) is 43.2 Å². The fourth-order valence-corrected chi connectivity index (χ4v) is 1.06. The maximum Gasteiger partial charge on any atom is 0.116 e.